The van der Waals surface area contributed by atoms with Gasteiger partial charge in [0.05, 0.1) is 18.6 Å². The number of piperidine rings is 1. The van der Waals surface area contributed by atoms with E-state index in [9.17, 15) is 9.59 Å². The molecule has 0 aromatic heterocycles. The van der Waals surface area contributed by atoms with Gasteiger partial charge in [0.25, 0.3) is 5.91 Å². The Balaban J connectivity index is 2.16. The second kappa shape index (κ2) is 6.72. The number of ether oxygens (including phenoxy) is 1. The second-order valence-corrected chi connectivity index (χ2v) is 6.51. The lowest BCUT2D eigenvalue weighted by Crippen LogP contribution is -2.42. The molecular formula is C14H15Br2NO3. The number of carbonyl (C=O) groups is 2. The zero-order valence-corrected chi connectivity index (χ0v) is 14.2. The van der Waals surface area contributed by atoms with E-state index in [4.69, 9.17) is 4.74 Å². The Labute approximate surface area is 134 Å². The van der Waals surface area contributed by atoms with Crippen LogP contribution in [0.2, 0.25) is 0 Å². The number of rotatable bonds is 2. The lowest BCUT2D eigenvalue weighted by Gasteiger charge is -2.31. The maximum absolute atomic E-state index is 12.6. The van der Waals surface area contributed by atoms with E-state index in [1.165, 1.54) is 7.11 Å². The molecule has 108 valence electrons. The average molecular weight is 405 g/mol. The highest BCUT2D eigenvalue weighted by Gasteiger charge is 2.30. The minimum absolute atomic E-state index is 0.0632. The van der Waals surface area contributed by atoms with Crippen molar-refractivity contribution in [2.45, 2.75) is 12.8 Å². The van der Waals surface area contributed by atoms with Crippen LogP contribution in [0, 0.1) is 5.92 Å². The van der Waals surface area contributed by atoms with Gasteiger partial charge in [-0.2, -0.15) is 0 Å². The molecule has 1 unspecified atom stereocenters. The molecule has 0 aliphatic carbocycles. The van der Waals surface area contributed by atoms with Crippen molar-refractivity contribution in [2.75, 3.05) is 20.2 Å². The first kappa shape index (κ1) is 15.5. The maximum Gasteiger partial charge on any atom is 0.310 e. The molecule has 1 atom stereocenters. The van der Waals surface area contributed by atoms with Crippen LogP contribution in [0.3, 0.4) is 0 Å². The van der Waals surface area contributed by atoms with E-state index in [1.54, 1.807) is 11.0 Å². The predicted octanol–water partition coefficient (Wildman–Crippen LogP) is 3.24. The molecular weight excluding hydrogens is 390 g/mol. The third-order valence-corrected chi connectivity index (χ3v) is 4.59. The molecule has 0 spiro atoms. The molecule has 6 heteroatoms. The number of benzene rings is 1. The molecule has 1 aliphatic rings. The number of carbonyl (C=O) groups excluding carboxylic acids is 2. The number of methoxy groups -OCH3 is 1. The largest absolute Gasteiger partial charge is 0.469 e. The fourth-order valence-electron chi connectivity index (χ4n) is 2.35. The smallest absolute Gasteiger partial charge is 0.310 e. The molecule has 4 nitrogen and oxygen atoms in total. The van der Waals surface area contributed by atoms with Gasteiger partial charge in [0.15, 0.2) is 0 Å². The highest BCUT2D eigenvalue weighted by Crippen LogP contribution is 2.25. The lowest BCUT2D eigenvalue weighted by molar-refractivity contribution is -0.146. The van der Waals surface area contributed by atoms with Crippen molar-refractivity contribution in [1.29, 1.82) is 0 Å². The van der Waals surface area contributed by atoms with Crippen molar-refractivity contribution < 1.29 is 14.3 Å². The van der Waals surface area contributed by atoms with Crippen molar-refractivity contribution in [3.63, 3.8) is 0 Å². The molecule has 1 fully saturated rings. The number of hydrogen-bond acceptors (Lipinski definition) is 3. The summed E-state index contributed by atoms with van der Waals surface area (Å²) >= 11 is 6.76. The maximum atomic E-state index is 12.6. The van der Waals surface area contributed by atoms with E-state index in [1.807, 2.05) is 12.1 Å². The molecule has 1 saturated heterocycles. The first-order chi connectivity index (χ1) is 9.52. The van der Waals surface area contributed by atoms with Crippen LogP contribution in [0.1, 0.15) is 23.2 Å². The molecule has 0 bridgehead atoms. The SMILES string of the molecule is COC(=O)C1CCCN(C(=O)c2cc(Br)ccc2Br)C1. The van der Waals surface area contributed by atoms with E-state index in [2.05, 4.69) is 31.9 Å². The van der Waals surface area contributed by atoms with Crippen molar-refractivity contribution in [3.05, 3.63) is 32.7 Å². The van der Waals surface area contributed by atoms with Gasteiger partial charge >= 0.3 is 5.97 Å². The molecule has 1 amide bonds. The Morgan fingerprint density at radius 2 is 2.10 bits per heavy atom. The van der Waals surface area contributed by atoms with Crippen LogP contribution in [0.15, 0.2) is 27.1 Å². The summed E-state index contributed by atoms with van der Waals surface area (Å²) in [6.07, 6.45) is 1.59. The standard InChI is InChI=1S/C14H15Br2NO3/c1-20-14(19)9-3-2-6-17(8-9)13(18)11-7-10(15)4-5-12(11)16/h4-5,7,9H,2-3,6,8H2,1H3. The van der Waals surface area contributed by atoms with Gasteiger partial charge in [0.2, 0.25) is 0 Å². The predicted molar refractivity (Wildman–Crippen MR) is 82.5 cm³/mol. The van der Waals surface area contributed by atoms with Gasteiger partial charge < -0.3 is 9.64 Å². The summed E-state index contributed by atoms with van der Waals surface area (Å²) in [6.45, 7) is 1.09. The molecule has 0 radical (unpaired) electrons. The minimum Gasteiger partial charge on any atom is -0.469 e. The fourth-order valence-corrected chi connectivity index (χ4v) is 3.13. The second-order valence-electron chi connectivity index (χ2n) is 4.74. The summed E-state index contributed by atoms with van der Waals surface area (Å²) in [5.74, 6) is -0.522. The van der Waals surface area contributed by atoms with Crippen molar-refractivity contribution in [3.8, 4) is 0 Å². The third kappa shape index (κ3) is 3.41. The molecule has 1 aromatic rings. The van der Waals surface area contributed by atoms with Gasteiger partial charge in [-0.05, 0) is 47.0 Å². The summed E-state index contributed by atoms with van der Waals surface area (Å²) in [4.78, 5) is 25.9. The molecule has 1 aliphatic heterocycles. The molecule has 0 N–H and O–H groups in total. The molecule has 2 rings (SSSR count). The number of hydrogen-bond donors (Lipinski definition) is 0. The fraction of sp³-hybridized carbons (Fsp3) is 0.429. The molecule has 1 heterocycles. The van der Waals surface area contributed by atoms with Crippen LogP contribution < -0.4 is 0 Å². The summed E-state index contributed by atoms with van der Waals surface area (Å²) in [7, 11) is 1.38. The monoisotopic (exact) mass is 403 g/mol. The van der Waals surface area contributed by atoms with Gasteiger partial charge in [-0.15, -0.1) is 0 Å². The van der Waals surface area contributed by atoms with E-state index in [-0.39, 0.29) is 17.8 Å². The Bertz CT molecular complexity index is 533. The molecule has 1 aromatic carbocycles. The van der Waals surface area contributed by atoms with Gasteiger partial charge in [-0.3, -0.25) is 9.59 Å². The van der Waals surface area contributed by atoms with Crippen LogP contribution in [-0.2, 0) is 9.53 Å². The Morgan fingerprint density at radius 3 is 2.80 bits per heavy atom. The summed E-state index contributed by atoms with van der Waals surface area (Å²) in [5, 5.41) is 0. The van der Waals surface area contributed by atoms with Crippen LogP contribution >= 0.6 is 31.9 Å². The molecule has 0 saturated carbocycles. The number of halogens is 2. The average Bonchev–Trinajstić information content (AvgIpc) is 2.48. The summed E-state index contributed by atoms with van der Waals surface area (Å²) < 4.78 is 6.38. The zero-order chi connectivity index (χ0) is 14.7. The van der Waals surface area contributed by atoms with Crippen molar-refractivity contribution in [2.24, 2.45) is 5.92 Å². The van der Waals surface area contributed by atoms with Crippen molar-refractivity contribution >= 4 is 43.7 Å². The van der Waals surface area contributed by atoms with Crippen LogP contribution in [0.4, 0.5) is 0 Å². The number of nitrogens with zero attached hydrogens (tertiary/aromatic N) is 1. The van der Waals surface area contributed by atoms with Gasteiger partial charge in [0.1, 0.15) is 0 Å². The lowest BCUT2D eigenvalue weighted by atomic mass is 9.97. The highest BCUT2D eigenvalue weighted by atomic mass is 79.9. The first-order valence-corrected chi connectivity index (χ1v) is 7.93. The normalized spacial score (nSPS) is 18.8. The van der Waals surface area contributed by atoms with E-state index >= 15 is 0 Å². The third-order valence-electron chi connectivity index (χ3n) is 3.40. The van der Waals surface area contributed by atoms with E-state index in [0.717, 1.165) is 21.8 Å². The highest BCUT2D eigenvalue weighted by molar-refractivity contribution is 9.11. The summed E-state index contributed by atoms with van der Waals surface area (Å²) in [5.41, 5.74) is 0.602. The van der Waals surface area contributed by atoms with Crippen LogP contribution in [0.25, 0.3) is 0 Å². The quantitative estimate of drug-likeness (QED) is 0.711. The van der Waals surface area contributed by atoms with Crippen LogP contribution in [-0.4, -0.2) is 37.0 Å². The topological polar surface area (TPSA) is 46.6 Å². The molecule has 20 heavy (non-hydrogen) atoms. The minimum atomic E-state index is -0.240. The van der Waals surface area contributed by atoms with Gasteiger partial charge in [-0.25, -0.2) is 0 Å². The zero-order valence-electron chi connectivity index (χ0n) is 11.1. The van der Waals surface area contributed by atoms with E-state index < -0.39 is 0 Å². The summed E-state index contributed by atoms with van der Waals surface area (Å²) in [6, 6.07) is 5.49. The van der Waals surface area contributed by atoms with E-state index in [0.29, 0.717) is 18.7 Å². The number of likely N-dealkylation sites (tertiary alicyclic amines) is 1. The Morgan fingerprint density at radius 1 is 1.35 bits per heavy atom. The first-order valence-electron chi connectivity index (χ1n) is 6.35. The van der Waals surface area contributed by atoms with Gasteiger partial charge in [0, 0.05) is 22.0 Å². The van der Waals surface area contributed by atoms with Crippen molar-refractivity contribution in [1.82, 2.24) is 4.90 Å². The van der Waals surface area contributed by atoms with Crippen LogP contribution in [0.5, 0.6) is 0 Å². The number of esters is 1. The van der Waals surface area contributed by atoms with Gasteiger partial charge in [-0.1, -0.05) is 15.9 Å². The Hall–Kier alpha value is -0.880. The Kier molecular flexibility index (Phi) is 5.21. The number of amides is 1.